The number of hydrogen-bond donors (Lipinski definition) is 3. The average Bonchev–Trinajstić information content (AvgIpc) is 3.69. The number of carboxylic acid groups (broad SMARTS) is 1. The van der Waals surface area contributed by atoms with Crippen LogP contribution < -0.4 is 15.8 Å². The monoisotopic (exact) mass is 581 g/mol. The van der Waals surface area contributed by atoms with E-state index < -0.39 is 17.3 Å². The lowest BCUT2D eigenvalue weighted by Crippen LogP contribution is -2.37. The van der Waals surface area contributed by atoms with Gasteiger partial charge in [-0.3, -0.25) is 9.20 Å². The number of carboxylic acids is 1. The molecule has 218 valence electrons. The van der Waals surface area contributed by atoms with Gasteiger partial charge in [-0.2, -0.15) is 5.26 Å². The van der Waals surface area contributed by atoms with E-state index in [4.69, 9.17) is 9.72 Å². The molecule has 1 aromatic carbocycles. The summed E-state index contributed by atoms with van der Waals surface area (Å²) < 4.78 is 22.9. The van der Waals surface area contributed by atoms with Crippen LogP contribution in [0.5, 0.6) is 0 Å². The third kappa shape index (κ3) is 3.96. The Kier molecular flexibility index (Phi) is 6.12. The summed E-state index contributed by atoms with van der Waals surface area (Å²) in [6, 6.07) is 10.0. The molecule has 5 aromatic rings. The van der Waals surface area contributed by atoms with E-state index in [9.17, 15) is 20.0 Å². The molecular weight excluding hydrogens is 553 g/mol. The van der Waals surface area contributed by atoms with Gasteiger partial charge in [0.15, 0.2) is 0 Å². The van der Waals surface area contributed by atoms with Crippen LogP contribution in [0.3, 0.4) is 0 Å². The number of H-pyrrole nitrogens is 1. The number of nitrogens with one attached hydrogen (secondary N) is 2. The molecule has 6 heterocycles. The van der Waals surface area contributed by atoms with Gasteiger partial charge in [0.25, 0.3) is 5.56 Å². The van der Waals surface area contributed by atoms with Crippen LogP contribution in [0.15, 0.2) is 47.5 Å². The lowest BCUT2D eigenvalue weighted by atomic mass is 9.98. The Balaban J connectivity index is 1.54. The molecule has 2 saturated heterocycles. The van der Waals surface area contributed by atoms with Crippen molar-refractivity contribution in [2.24, 2.45) is 5.92 Å². The van der Waals surface area contributed by atoms with Crippen LogP contribution in [0.4, 0.5) is 15.8 Å². The Labute approximate surface area is 244 Å². The Bertz CT molecular complexity index is 2080. The highest BCUT2D eigenvalue weighted by molar-refractivity contribution is 6.19. The maximum Gasteiger partial charge on any atom is 0.341 e. The van der Waals surface area contributed by atoms with Crippen molar-refractivity contribution in [3.8, 4) is 17.2 Å². The molecule has 3 N–H and O–H groups in total. The number of rotatable bonds is 5. The highest BCUT2D eigenvalue weighted by atomic mass is 19.1. The summed E-state index contributed by atoms with van der Waals surface area (Å²) in [5.74, 6) is -1.74. The van der Waals surface area contributed by atoms with E-state index >= 15 is 4.39 Å². The van der Waals surface area contributed by atoms with Crippen molar-refractivity contribution < 1.29 is 19.0 Å². The maximum atomic E-state index is 15.3. The van der Waals surface area contributed by atoms with Crippen molar-refractivity contribution in [3.05, 3.63) is 70.0 Å². The number of hydrogen-bond acceptors (Lipinski definition) is 8. The standard InChI is InChI=1S/C31H28FN7O4/c1-34-22-8-21(32)18(9-33)25-26-28(38-12-20-23(37(2)3)14-43-24(20)13-38)19(10-35-29(26)36-27(22)25)15-4-5-16-6-7-17(31(41)42)30(40)39(16)11-15/h4-8,10-11,20,23-24,34H,12-14H2,1-3H3,(H,35,36)(H,41,42). The molecule has 2 fully saturated rings. The van der Waals surface area contributed by atoms with E-state index in [2.05, 4.69) is 26.2 Å². The third-order valence-corrected chi connectivity index (χ3v) is 8.86. The van der Waals surface area contributed by atoms with Gasteiger partial charge in [-0.05, 0) is 32.3 Å². The fourth-order valence-corrected chi connectivity index (χ4v) is 6.75. The van der Waals surface area contributed by atoms with Crippen molar-refractivity contribution in [2.45, 2.75) is 12.1 Å². The van der Waals surface area contributed by atoms with E-state index in [-0.39, 0.29) is 29.2 Å². The number of benzene rings is 1. The van der Waals surface area contributed by atoms with Crippen molar-refractivity contribution in [1.29, 1.82) is 5.26 Å². The van der Waals surface area contributed by atoms with Gasteiger partial charge in [0.2, 0.25) is 0 Å². The first-order chi connectivity index (χ1) is 20.7. The number of ether oxygens (including phenoxy) is 1. The average molecular weight is 582 g/mol. The molecule has 4 aromatic heterocycles. The summed E-state index contributed by atoms with van der Waals surface area (Å²) in [7, 11) is 5.76. The quantitative estimate of drug-likeness (QED) is 0.285. The third-order valence-electron chi connectivity index (χ3n) is 8.86. The van der Waals surface area contributed by atoms with E-state index in [1.165, 1.54) is 16.5 Å². The van der Waals surface area contributed by atoms with Crippen molar-refractivity contribution in [1.82, 2.24) is 19.3 Å². The van der Waals surface area contributed by atoms with Crippen LogP contribution in [-0.2, 0) is 4.74 Å². The molecule has 0 saturated carbocycles. The lowest BCUT2D eigenvalue weighted by Gasteiger charge is -2.27. The van der Waals surface area contributed by atoms with Crippen LogP contribution in [0.2, 0.25) is 0 Å². The second-order valence-corrected chi connectivity index (χ2v) is 11.3. The summed E-state index contributed by atoms with van der Waals surface area (Å²) in [5, 5.41) is 23.6. The van der Waals surface area contributed by atoms with Gasteiger partial charge in [0.1, 0.15) is 23.1 Å². The summed E-state index contributed by atoms with van der Waals surface area (Å²) in [6.07, 6.45) is 3.28. The summed E-state index contributed by atoms with van der Waals surface area (Å²) in [5.41, 5.74) is 2.99. The van der Waals surface area contributed by atoms with E-state index in [1.54, 1.807) is 31.6 Å². The lowest BCUT2D eigenvalue weighted by molar-refractivity contribution is 0.0694. The zero-order valence-corrected chi connectivity index (χ0v) is 23.7. The number of aromatic carboxylic acids is 1. The van der Waals surface area contributed by atoms with E-state index in [0.717, 1.165) is 5.69 Å². The molecule has 2 aliphatic rings. The van der Waals surface area contributed by atoms with Gasteiger partial charge in [0.05, 0.1) is 40.6 Å². The zero-order valence-electron chi connectivity index (χ0n) is 23.7. The zero-order chi connectivity index (χ0) is 30.2. The molecule has 0 spiro atoms. The van der Waals surface area contributed by atoms with Crippen molar-refractivity contribution >= 4 is 44.8 Å². The fourth-order valence-electron chi connectivity index (χ4n) is 6.75. The topological polar surface area (TPSA) is 139 Å². The highest BCUT2D eigenvalue weighted by Crippen LogP contribution is 2.46. The molecule has 0 bridgehead atoms. The highest BCUT2D eigenvalue weighted by Gasteiger charge is 2.45. The van der Waals surface area contributed by atoms with Gasteiger partial charge in [-0.15, -0.1) is 0 Å². The summed E-state index contributed by atoms with van der Waals surface area (Å²) >= 11 is 0. The maximum absolute atomic E-state index is 15.3. The number of aromatic amines is 1. The van der Waals surface area contributed by atoms with Gasteiger partial charge >= 0.3 is 5.97 Å². The molecule has 11 nitrogen and oxygen atoms in total. The number of fused-ring (bicyclic) bond motifs is 5. The van der Waals surface area contributed by atoms with Gasteiger partial charge < -0.3 is 29.9 Å². The molecule has 7 rings (SSSR count). The van der Waals surface area contributed by atoms with Crippen LogP contribution in [0.25, 0.3) is 38.6 Å². The van der Waals surface area contributed by atoms with Crippen LogP contribution >= 0.6 is 0 Å². The Hall–Kier alpha value is -4.99. The molecular formula is C31H28FN7O4. The molecule has 3 unspecified atom stereocenters. The molecule has 3 atom stereocenters. The first-order valence-electron chi connectivity index (χ1n) is 13.9. The minimum atomic E-state index is -1.31. The van der Waals surface area contributed by atoms with Crippen LogP contribution in [0.1, 0.15) is 15.9 Å². The SMILES string of the molecule is CNc1cc(F)c(C#N)c2c1[nH]c1ncc(-c3ccc4ccc(C(=O)O)c(=O)n4c3)c(N3CC4OCC(N(C)C)C4C3)c12. The number of pyridine rings is 3. The van der Waals surface area contributed by atoms with Crippen molar-refractivity contribution in [3.63, 3.8) is 0 Å². The second kappa shape index (κ2) is 9.79. The first kappa shape index (κ1) is 26.9. The van der Waals surface area contributed by atoms with Gasteiger partial charge in [0, 0.05) is 72.6 Å². The molecule has 0 aliphatic carbocycles. The molecule has 12 heteroatoms. The van der Waals surface area contributed by atoms with Crippen molar-refractivity contribution in [2.75, 3.05) is 51.1 Å². The second-order valence-electron chi connectivity index (χ2n) is 11.3. The molecule has 2 aliphatic heterocycles. The number of nitriles is 1. The number of anilines is 2. The Morgan fingerprint density at radius 1 is 1.26 bits per heavy atom. The number of likely N-dealkylation sites (N-methyl/N-ethyl adjacent to an activating group) is 1. The smallest absolute Gasteiger partial charge is 0.341 e. The predicted molar refractivity (Wildman–Crippen MR) is 160 cm³/mol. The first-order valence-corrected chi connectivity index (χ1v) is 13.9. The minimum Gasteiger partial charge on any atom is -0.477 e. The minimum absolute atomic E-state index is 0.0222. The molecule has 43 heavy (non-hydrogen) atoms. The normalized spacial score (nSPS) is 19.9. The Morgan fingerprint density at radius 3 is 2.77 bits per heavy atom. The van der Waals surface area contributed by atoms with Crippen LogP contribution in [0, 0.1) is 23.1 Å². The molecule has 0 amide bonds. The Morgan fingerprint density at radius 2 is 2.05 bits per heavy atom. The van der Waals surface area contributed by atoms with Gasteiger partial charge in [-0.25, -0.2) is 14.2 Å². The number of nitrogens with zero attached hydrogens (tertiary/aromatic N) is 5. The summed E-state index contributed by atoms with van der Waals surface area (Å²) in [4.78, 5) is 37.2. The van der Waals surface area contributed by atoms with E-state index in [1.807, 2.05) is 20.2 Å². The predicted octanol–water partition coefficient (Wildman–Crippen LogP) is 3.51. The van der Waals surface area contributed by atoms with Crippen LogP contribution in [-0.4, -0.2) is 83.3 Å². The molecule has 0 radical (unpaired) electrons. The van der Waals surface area contributed by atoms with Gasteiger partial charge in [-0.1, -0.05) is 6.07 Å². The van der Waals surface area contributed by atoms with E-state index in [0.29, 0.717) is 64.0 Å². The number of carbonyl (C=O) groups is 1. The largest absolute Gasteiger partial charge is 0.477 e. The number of aromatic nitrogens is 3. The fraction of sp³-hybridized carbons (Fsp3) is 0.290. The number of halogens is 1. The summed E-state index contributed by atoms with van der Waals surface area (Å²) in [6.45, 7) is 1.86.